The average Bonchev–Trinajstić information content (AvgIpc) is 3.30. The lowest BCUT2D eigenvalue weighted by Crippen LogP contribution is -2.46. The van der Waals surface area contributed by atoms with Gasteiger partial charge in [0.15, 0.2) is 0 Å². The van der Waals surface area contributed by atoms with Gasteiger partial charge in [-0.1, -0.05) is 25.3 Å². The van der Waals surface area contributed by atoms with Gasteiger partial charge in [-0.05, 0) is 46.7 Å². The molecule has 0 saturated heterocycles. The van der Waals surface area contributed by atoms with E-state index in [1.54, 1.807) is 29.8 Å². The Morgan fingerprint density at radius 1 is 1.30 bits per heavy atom. The minimum Gasteiger partial charge on any atom is -0.375 e. The van der Waals surface area contributed by atoms with Crippen molar-refractivity contribution in [1.82, 2.24) is 5.32 Å². The third kappa shape index (κ3) is 3.52. The number of ether oxygens (including phenoxy) is 1. The molecule has 124 valence electrons. The van der Waals surface area contributed by atoms with Crippen LogP contribution in [0.5, 0.6) is 0 Å². The molecule has 1 fully saturated rings. The van der Waals surface area contributed by atoms with E-state index in [4.69, 9.17) is 4.74 Å². The van der Waals surface area contributed by atoms with Gasteiger partial charge in [-0.3, -0.25) is 4.79 Å². The number of carbonyl (C=O) groups is 1. The first-order valence-electron chi connectivity index (χ1n) is 8.13. The van der Waals surface area contributed by atoms with Crippen LogP contribution < -0.4 is 5.32 Å². The van der Waals surface area contributed by atoms with E-state index in [0.29, 0.717) is 6.54 Å². The number of hydrogen-bond acceptors (Lipinski definition) is 4. The summed E-state index contributed by atoms with van der Waals surface area (Å²) in [7, 11) is 1.70. The average molecular weight is 350 g/mol. The van der Waals surface area contributed by atoms with Gasteiger partial charge in [0.1, 0.15) is 6.10 Å². The summed E-state index contributed by atoms with van der Waals surface area (Å²) in [6.45, 7) is 0.527. The van der Waals surface area contributed by atoms with Gasteiger partial charge < -0.3 is 10.1 Å². The van der Waals surface area contributed by atoms with Crippen LogP contribution in [0.25, 0.3) is 0 Å². The topological polar surface area (TPSA) is 38.3 Å². The molecule has 1 aliphatic carbocycles. The molecular weight excluding hydrogens is 326 g/mol. The molecule has 5 heteroatoms. The summed E-state index contributed by atoms with van der Waals surface area (Å²) >= 11 is 3.36. The number of methoxy groups -OCH3 is 1. The van der Waals surface area contributed by atoms with Crippen LogP contribution in [0.15, 0.2) is 34.3 Å². The molecule has 0 aliphatic heterocycles. The Morgan fingerprint density at radius 3 is 2.74 bits per heavy atom. The van der Waals surface area contributed by atoms with E-state index in [1.165, 1.54) is 11.3 Å². The van der Waals surface area contributed by atoms with Gasteiger partial charge in [0.25, 0.3) is 0 Å². The maximum Gasteiger partial charge on any atom is 0.231 e. The molecule has 3 nitrogen and oxygen atoms in total. The molecule has 0 aromatic carbocycles. The van der Waals surface area contributed by atoms with Crippen LogP contribution in [0.2, 0.25) is 0 Å². The monoisotopic (exact) mass is 349 g/mol. The van der Waals surface area contributed by atoms with E-state index in [0.717, 1.165) is 31.2 Å². The standard InChI is InChI=1S/C18H23NO2S2/c1-21-15(14-7-11-22-13-14)12-19-17(20)18(8-3-2-4-9-18)16-6-5-10-23-16/h5-7,10-11,13,15H,2-4,8-9,12H2,1H3,(H,19,20). The summed E-state index contributed by atoms with van der Waals surface area (Å²) in [6, 6.07) is 6.22. The molecule has 2 aromatic heterocycles. The minimum atomic E-state index is -0.334. The van der Waals surface area contributed by atoms with Crippen LogP contribution in [0, 0.1) is 0 Å². The summed E-state index contributed by atoms with van der Waals surface area (Å²) in [6.07, 6.45) is 5.32. The molecule has 3 rings (SSSR count). The fraction of sp³-hybridized carbons (Fsp3) is 0.500. The predicted octanol–water partition coefficient (Wildman–Crippen LogP) is 4.52. The molecule has 1 saturated carbocycles. The van der Waals surface area contributed by atoms with Crippen molar-refractivity contribution in [3.8, 4) is 0 Å². The number of amides is 1. The summed E-state index contributed by atoms with van der Waals surface area (Å²) in [4.78, 5) is 14.3. The van der Waals surface area contributed by atoms with E-state index >= 15 is 0 Å². The molecule has 1 N–H and O–H groups in total. The second kappa shape index (κ2) is 7.60. The number of hydrogen-bond donors (Lipinski definition) is 1. The zero-order chi connectivity index (χ0) is 16.1. The Morgan fingerprint density at radius 2 is 2.13 bits per heavy atom. The minimum absolute atomic E-state index is 0.0748. The van der Waals surface area contributed by atoms with Crippen LogP contribution in [0.4, 0.5) is 0 Å². The van der Waals surface area contributed by atoms with Crippen molar-refractivity contribution >= 4 is 28.6 Å². The SMILES string of the molecule is COC(CNC(=O)C1(c2cccs2)CCCCC1)c1ccsc1. The molecule has 0 radical (unpaired) electrons. The summed E-state index contributed by atoms with van der Waals surface area (Å²) < 4.78 is 5.55. The Balaban J connectivity index is 1.72. The van der Waals surface area contributed by atoms with Crippen LogP contribution in [0.3, 0.4) is 0 Å². The summed E-state index contributed by atoms with van der Waals surface area (Å²) in [5.41, 5.74) is 0.797. The predicted molar refractivity (Wildman–Crippen MR) is 96.2 cm³/mol. The molecule has 1 amide bonds. The molecule has 2 heterocycles. The lowest BCUT2D eigenvalue weighted by Gasteiger charge is -2.35. The van der Waals surface area contributed by atoms with Gasteiger partial charge in [0.05, 0.1) is 5.41 Å². The number of carbonyl (C=O) groups excluding carboxylic acids is 1. The van der Waals surface area contributed by atoms with Crippen molar-refractivity contribution in [3.63, 3.8) is 0 Å². The fourth-order valence-corrected chi connectivity index (χ4v) is 5.13. The highest BCUT2D eigenvalue weighted by molar-refractivity contribution is 7.10. The van der Waals surface area contributed by atoms with Crippen molar-refractivity contribution in [2.75, 3.05) is 13.7 Å². The first-order chi connectivity index (χ1) is 11.3. The Kier molecular flexibility index (Phi) is 5.51. The van der Waals surface area contributed by atoms with Crippen LogP contribution in [-0.4, -0.2) is 19.6 Å². The molecule has 0 spiro atoms. The molecular formula is C18H23NO2S2. The maximum atomic E-state index is 13.1. The first-order valence-corrected chi connectivity index (χ1v) is 9.96. The molecule has 0 bridgehead atoms. The molecule has 23 heavy (non-hydrogen) atoms. The normalized spacial score (nSPS) is 18.5. The van der Waals surface area contributed by atoms with E-state index in [1.807, 2.05) is 11.4 Å². The van der Waals surface area contributed by atoms with Gasteiger partial charge in [0.2, 0.25) is 5.91 Å². The van der Waals surface area contributed by atoms with Gasteiger partial charge in [-0.25, -0.2) is 0 Å². The van der Waals surface area contributed by atoms with Crippen molar-refractivity contribution in [1.29, 1.82) is 0 Å². The Hall–Kier alpha value is -1.17. The van der Waals surface area contributed by atoms with Crippen LogP contribution in [-0.2, 0) is 14.9 Å². The zero-order valence-electron chi connectivity index (χ0n) is 13.4. The Bertz CT molecular complexity index is 601. The van der Waals surface area contributed by atoms with Gasteiger partial charge >= 0.3 is 0 Å². The highest BCUT2D eigenvalue weighted by Gasteiger charge is 2.41. The van der Waals surface area contributed by atoms with Gasteiger partial charge in [0, 0.05) is 18.5 Å². The van der Waals surface area contributed by atoms with E-state index in [2.05, 4.69) is 28.2 Å². The highest BCUT2D eigenvalue weighted by atomic mass is 32.1. The largest absolute Gasteiger partial charge is 0.375 e. The van der Waals surface area contributed by atoms with E-state index in [-0.39, 0.29) is 17.4 Å². The quantitative estimate of drug-likeness (QED) is 0.833. The summed E-state index contributed by atoms with van der Waals surface area (Å²) in [5, 5.41) is 9.36. The molecule has 2 aromatic rings. The van der Waals surface area contributed by atoms with Crippen molar-refractivity contribution in [2.45, 2.75) is 43.6 Å². The van der Waals surface area contributed by atoms with Gasteiger partial charge in [-0.15, -0.1) is 11.3 Å². The molecule has 1 atom stereocenters. The van der Waals surface area contributed by atoms with Crippen molar-refractivity contribution in [3.05, 3.63) is 44.8 Å². The zero-order valence-corrected chi connectivity index (χ0v) is 15.1. The van der Waals surface area contributed by atoms with Crippen LogP contribution in [0.1, 0.15) is 48.6 Å². The summed E-state index contributed by atoms with van der Waals surface area (Å²) in [5.74, 6) is 0.164. The number of rotatable bonds is 6. The number of thiophene rings is 2. The third-order valence-corrected chi connectivity index (χ3v) is 6.56. The highest BCUT2D eigenvalue weighted by Crippen LogP contribution is 2.41. The van der Waals surface area contributed by atoms with E-state index in [9.17, 15) is 4.79 Å². The lowest BCUT2D eigenvalue weighted by molar-refractivity contribution is -0.128. The van der Waals surface area contributed by atoms with Crippen LogP contribution >= 0.6 is 22.7 Å². The third-order valence-electron chi connectivity index (χ3n) is 4.78. The van der Waals surface area contributed by atoms with Gasteiger partial charge in [-0.2, -0.15) is 11.3 Å². The lowest BCUT2D eigenvalue weighted by atomic mass is 9.72. The molecule has 1 unspecified atom stereocenters. The van der Waals surface area contributed by atoms with E-state index < -0.39 is 0 Å². The smallest absolute Gasteiger partial charge is 0.231 e. The van der Waals surface area contributed by atoms with Crippen molar-refractivity contribution in [2.24, 2.45) is 0 Å². The molecule has 1 aliphatic rings. The number of nitrogens with one attached hydrogen (secondary N) is 1. The maximum absolute atomic E-state index is 13.1. The second-order valence-corrected chi connectivity index (χ2v) is 7.84. The fourth-order valence-electron chi connectivity index (χ4n) is 3.44. The van der Waals surface area contributed by atoms with Crippen molar-refractivity contribution < 1.29 is 9.53 Å². The second-order valence-electron chi connectivity index (χ2n) is 6.11. The first kappa shape index (κ1) is 16.7. The Labute approximate surface area is 145 Å².